The third kappa shape index (κ3) is 3.45. The maximum Gasteiger partial charge on any atom is 0.254 e. The summed E-state index contributed by atoms with van der Waals surface area (Å²) in [6, 6.07) is 4.38. The summed E-state index contributed by atoms with van der Waals surface area (Å²) >= 11 is 5.10. The number of carbonyl (C=O) groups is 1. The zero-order chi connectivity index (χ0) is 12.3. The van der Waals surface area contributed by atoms with Gasteiger partial charge in [0.15, 0.2) is 0 Å². The van der Waals surface area contributed by atoms with Crippen molar-refractivity contribution in [3.8, 4) is 0 Å². The molecule has 0 saturated carbocycles. The van der Waals surface area contributed by atoms with E-state index >= 15 is 0 Å². The number of thioether (sulfide) groups is 1. The van der Waals surface area contributed by atoms with E-state index in [1.165, 1.54) is 18.6 Å². The third-order valence-electron chi connectivity index (χ3n) is 2.69. The molecule has 1 saturated heterocycles. The Kier molecular flexibility index (Phi) is 4.45. The van der Waals surface area contributed by atoms with Gasteiger partial charge in [-0.1, -0.05) is 15.9 Å². The molecule has 1 aliphatic heterocycles. The largest absolute Gasteiger partial charge is 0.351 e. The quantitative estimate of drug-likeness (QED) is 0.927. The van der Waals surface area contributed by atoms with E-state index in [1.807, 2.05) is 11.8 Å². The van der Waals surface area contributed by atoms with Gasteiger partial charge in [0.05, 0.1) is 5.56 Å². The molecule has 1 amide bonds. The summed E-state index contributed by atoms with van der Waals surface area (Å²) in [5.74, 6) is 0.340. The van der Waals surface area contributed by atoms with Crippen LogP contribution in [0.5, 0.6) is 0 Å². The standard InChI is InChI=1S/C12H13BrFNOS/c13-8-3-4-11(14)10(6-8)12(16)15-7-9-2-1-5-17-9/h3-4,6,9H,1-2,5,7H2,(H,15,16). The van der Waals surface area contributed by atoms with E-state index < -0.39 is 5.82 Å². The zero-order valence-corrected chi connectivity index (χ0v) is 11.6. The maximum absolute atomic E-state index is 13.4. The lowest BCUT2D eigenvalue weighted by atomic mass is 10.2. The minimum Gasteiger partial charge on any atom is -0.351 e. The van der Waals surface area contributed by atoms with Gasteiger partial charge in [-0.25, -0.2) is 4.39 Å². The van der Waals surface area contributed by atoms with Gasteiger partial charge in [-0.2, -0.15) is 11.8 Å². The van der Waals surface area contributed by atoms with Crippen LogP contribution in [0.15, 0.2) is 22.7 Å². The monoisotopic (exact) mass is 317 g/mol. The molecule has 1 fully saturated rings. The van der Waals surface area contributed by atoms with Crippen LogP contribution in [0, 0.1) is 5.82 Å². The molecule has 0 spiro atoms. The van der Waals surface area contributed by atoms with Gasteiger partial charge in [-0.05, 0) is 36.8 Å². The fraction of sp³-hybridized carbons (Fsp3) is 0.417. The van der Waals surface area contributed by atoms with E-state index in [9.17, 15) is 9.18 Å². The molecule has 5 heteroatoms. The number of hydrogen-bond donors (Lipinski definition) is 1. The van der Waals surface area contributed by atoms with Crippen molar-refractivity contribution in [1.29, 1.82) is 0 Å². The smallest absolute Gasteiger partial charge is 0.254 e. The Morgan fingerprint density at radius 1 is 1.59 bits per heavy atom. The average Bonchev–Trinajstić information content (AvgIpc) is 2.82. The summed E-state index contributed by atoms with van der Waals surface area (Å²) in [6.45, 7) is 0.620. The SMILES string of the molecule is O=C(NCC1CCCS1)c1cc(Br)ccc1F. The van der Waals surface area contributed by atoms with Crippen LogP contribution in [0.1, 0.15) is 23.2 Å². The Bertz CT molecular complexity index is 421. The van der Waals surface area contributed by atoms with Gasteiger partial charge in [0.25, 0.3) is 5.91 Å². The van der Waals surface area contributed by atoms with E-state index in [0.29, 0.717) is 16.3 Å². The molecule has 0 radical (unpaired) electrons. The van der Waals surface area contributed by atoms with Crippen LogP contribution in [0.2, 0.25) is 0 Å². The Balaban J connectivity index is 1.96. The molecule has 1 aliphatic rings. The van der Waals surface area contributed by atoms with Crippen LogP contribution in [-0.2, 0) is 0 Å². The van der Waals surface area contributed by atoms with Crippen LogP contribution in [-0.4, -0.2) is 23.5 Å². The van der Waals surface area contributed by atoms with Crippen molar-refractivity contribution in [1.82, 2.24) is 5.32 Å². The van der Waals surface area contributed by atoms with Gasteiger partial charge < -0.3 is 5.32 Å². The molecule has 17 heavy (non-hydrogen) atoms. The highest BCUT2D eigenvalue weighted by atomic mass is 79.9. The van der Waals surface area contributed by atoms with Gasteiger partial charge in [0, 0.05) is 16.3 Å². The predicted molar refractivity (Wildman–Crippen MR) is 71.9 cm³/mol. The number of benzene rings is 1. The second kappa shape index (κ2) is 5.87. The molecule has 0 bridgehead atoms. The minimum atomic E-state index is -0.482. The average molecular weight is 318 g/mol. The molecule has 1 aromatic carbocycles. The zero-order valence-electron chi connectivity index (χ0n) is 9.21. The number of rotatable bonds is 3. The number of hydrogen-bond acceptors (Lipinski definition) is 2. The van der Waals surface area contributed by atoms with Crippen molar-refractivity contribution in [2.45, 2.75) is 18.1 Å². The summed E-state index contributed by atoms with van der Waals surface area (Å²) in [6.07, 6.45) is 2.34. The first-order valence-corrected chi connectivity index (χ1v) is 7.36. The summed E-state index contributed by atoms with van der Waals surface area (Å²) in [5.41, 5.74) is 0.0994. The Morgan fingerprint density at radius 3 is 3.12 bits per heavy atom. The van der Waals surface area contributed by atoms with E-state index in [4.69, 9.17) is 0 Å². The molecule has 0 aromatic heterocycles. The normalized spacial score (nSPS) is 19.3. The van der Waals surface area contributed by atoms with Crippen molar-refractivity contribution >= 4 is 33.6 Å². The highest BCUT2D eigenvalue weighted by Gasteiger charge is 2.18. The molecule has 0 aliphatic carbocycles. The van der Waals surface area contributed by atoms with Crippen LogP contribution in [0.3, 0.4) is 0 Å². The summed E-state index contributed by atoms with van der Waals surface area (Å²) in [5, 5.41) is 3.27. The molecule has 1 aromatic rings. The molecule has 1 heterocycles. The second-order valence-corrected chi connectivity index (χ2v) is 6.29. The first-order chi connectivity index (χ1) is 8.16. The lowest BCUT2D eigenvalue weighted by Crippen LogP contribution is -2.30. The van der Waals surface area contributed by atoms with E-state index in [2.05, 4.69) is 21.2 Å². The Morgan fingerprint density at radius 2 is 2.41 bits per heavy atom. The highest BCUT2D eigenvalue weighted by Crippen LogP contribution is 2.25. The number of amides is 1. The number of halogens is 2. The van der Waals surface area contributed by atoms with Crippen LogP contribution >= 0.6 is 27.7 Å². The molecule has 92 valence electrons. The lowest BCUT2D eigenvalue weighted by Gasteiger charge is -2.10. The Hall–Kier alpha value is -0.550. The molecular weight excluding hydrogens is 305 g/mol. The minimum absolute atomic E-state index is 0.0994. The van der Waals surface area contributed by atoms with Gasteiger partial charge in [-0.15, -0.1) is 0 Å². The topological polar surface area (TPSA) is 29.1 Å². The second-order valence-electron chi connectivity index (χ2n) is 3.97. The van der Waals surface area contributed by atoms with E-state index in [0.717, 1.165) is 12.2 Å². The van der Waals surface area contributed by atoms with Gasteiger partial charge in [-0.3, -0.25) is 4.79 Å². The van der Waals surface area contributed by atoms with Gasteiger partial charge in [0.1, 0.15) is 5.82 Å². The number of nitrogens with one attached hydrogen (secondary N) is 1. The first kappa shape index (κ1) is 12.9. The van der Waals surface area contributed by atoms with Crippen LogP contribution in [0.25, 0.3) is 0 Å². The van der Waals surface area contributed by atoms with Crippen molar-refractivity contribution in [2.24, 2.45) is 0 Å². The van der Waals surface area contributed by atoms with Gasteiger partial charge >= 0.3 is 0 Å². The summed E-state index contributed by atoms with van der Waals surface area (Å²) in [4.78, 5) is 11.8. The lowest BCUT2D eigenvalue weighted by molar-refractivity contribution is 0.0949. The van der Waals surface area contributed by atoms with Gasteiger partial charge in [0.2, 0.25) is 0 Å². The molecule has 1 atom stereocenters. The van der Waals surface area contributed by atoms with Crippen LogP contribution < -0.4 is 5.32 Å². The van der Waals surface area contributed by atoms with Crippen LogP contribution in [0.4, 0.5) is 4.39 Å². The molecule has 2 rings (SSSR count). The van der Waals surface area contributed by atoms with E-state index in [1.54, 1.807) is 6.07 Å². The molecule has 1 N–H and O–H groups in total. The Labute approximate surface area is 112 Å². The molecule has 2 nitrogen and oxygen atoms in total. The summed E-state index contributed by atoms with van der Waals surface area (Å²) in [7, 11) is 0. The first-order valence-electron chi connectivity index (χ1n) is 5.51. The number of carbonyl (C=O) groups excluding carboxylic acids is 1. The van der Waals surface area contributed by atoms with Crippen molar-refractivity contribution in [2.75, 3.05) is 12.3 Å². The fourth-order valence-electron chi connectivity index (χ4n) is 1.78. The van der Waals surface area contributed by atoms with Crippen molar-refractivity contribution in [3.05, 3.63) is 34.1 Å². The van der Waals surface area contributed by atoms with Crippen molar-refractivity contribution in [3.63, 3.8) is 0 Å². The maximum atomic E-state index is 13.4. The predicted octanol–water partition coefficient (Wildman–Crippen LogP) is 3.21. The highest BCUT2D eigenvalue weighted by molar-refractivity contribution is 9.10. The molecule has 1 unspecified atom stereocenters. The van der Waals surface area contributed by atoms with Crippen molar-refractivity contribution < 1.29 is 9.18 Å². The van der Waals surface area contributed by atoms with E-state index in [-0.39, 0.29) is 11.5 Å². The third-order valence-corrected chi connectivity index (χ3v) is 4.58. The summed E-state index contributed by atoms with van der Waals surface area (Å²) < 4.78 is 14.1. The fourth-order valence-corrected chi connectivity index (χ4v) is 3.34. The molecular formula is C12H13BrFNOS.